The van der Waals surface area contributed by atoms with E-state index in [0.717, 1.165) is 12.0 Å². The number of thioether (sulfide) groups is 1. The van der Waals surface area contributed by atoms with Crippen LogP contribution in [-0.2, 0) is 16.6 Å². The lowest BCUT2D eigenvalue weighted by Gasteiger charge is -2.43. The highest BCUT2D eigenvalue weighted by molar-refractivity contribution is 8.00. The van der Waals surface area contributed by atoms with E-state index in [4.69, 9.17) is 11.5 Å². The number of nitrogens with two attached hydrogens (primary N) is 2. The first-order valence-corrected chi connectivity index (χ1v) is 7.35. The van der Waals surface area contributed by atoms with E-state index < -0.39 is 0 Å². The van der Waals surface area contributed by atoms with Crippen molar-refractivity contribution in [3.63, 3.8) is 0 Å². The van der Waals surface area contributed by atoms with Crippen LogP contribution >= 0.6 is 11.8 Å². The Bertz CT molecular complexity index is 502. The third kappa shape index (κ3) is 2.72. The summed E-state index contributed by atoms with van der Waals surface area (Å²) >= 11 is 1.52. The number of benzene rings is 1. The van der Waals surface area contributed by atoms with E-state index in [1.165, 1.54) is 17.3 Å². The van der Waals surface area contributed by atoms with Crippen LogP contribution in [0.2, 0.25) is 0 Å². The monoisotopic (exact) mass is 280 g/mol. The predicted octanol–water partition coefficient (Wildman–Crippen LogP) is 1.14. The quantitative estimate of drug-likeness (QED) is 0.774. The fourth-order valence-electron chi connectivity index (χ4n) is 2.68. The van der Waals surface area contributed by atoms with E-state index in [9.17, 15) is 9.90 Å². The molecule has 0 radical (unpaired) electrons. The third-order valence-electron chi connectivity index (χ3n) is 3.88. The zero-order chi connectivity index (χ0) is 14.2. The van der Waals surface area contributed by atoms with Gasteiger partial charge in [0.2, 0.25) is 5.91 Å². The number of carbonyl (C=O) groups is 1. The molecular weight excluding hydrogens is 260 g/mol. The van der Waals surface area contributed by atoms with Gasteiger partial charge in [-0.3, -0.25) is 4.79 Å². The van der Waals surface area contributed by atoms with Gasteiger partial charge in [-0.2, -0.15) is 0 Å². The third-order valence-corrected chi connectivity index (χ3v) is 5.22. The van der Waals surface area contributed by atoms with Gasteiger partial charge in [-0.15, -0.1) is 11.8 Å². The first kappa shape index (κ1) is 14.2. The minimum Gasteiger partial charge on any atom is -0.508 e. The topological polar surface area (TPSA) is 89.3 Å². The average Bonchev–Trinajstić information content (AvgIpc) is 2.33. The molecule has 1 amide bonds. The molecule has 0 bridgehead atoms. The molecule has 0 saturated heterocycles. The first-order valence-electron chi connectivity index (χ1n) is 6.30. The average molecular weight is 280 g/mol. The second-order valence-corrected chi connectivity index (χ2v) is 6.84. The van der Waals surface area contributed by atoms with Crippen LogP contribution < -0.4 is 11.5 Å². The lowest BCUT2D eigenvalue weighted by molar-refractivity contribution is -0.115. The Labute approximate surface area is 117 Å². The molecule has 0 saturated carbocycles. The number of carbonyl (C=O) groups excluding carboxylic acids is 1. The Morgan fingerprint density at radius 3 is 2.84 bits per heavy atom. The number of rotatable bonds is 3. The van der Waals surface area contributed by atoms with Crippen LogP contribution in [0.25, 0.3) is 0 Å². The maximum absolute atomic E-state index is 10.9. The minimum absolute atomic E-state index is 0.0776. The summed E-state index contributed by atoms with van der Waals surface area (Å²) in [5.74, 6) is 0.246. The highest BCUT2D eigenvalue weighted by Crippen LogP contribution is 2.41. The molecule has 4 nitrogen and oxygen atoms in total. The molecule has 104 valence electrons. The maximum Gasteiger partial charge on any atom is 0.227 e. The number of phenols is 1. The number of phenolic OH excluding ortho intramolecular Hbond substituents is 1. The van der Waals surface area contributed by atoms with Crippen molar-refractivity contribution in [2.24, 2.45) is 11.5 Å². The van der Waals surface area contributed by atoms with Crippen molar-refractivity contribution in [2.75, 3.05) is 5.75 Å². The van der Waals surface area contributed by atoms with Crippen LogP contribution in [0.4, 0.5) is 0 Å². The van der Waals surface area contributed by atoms with Gasteiger partial charge < -0.3 is 16.6 Å². The molecule has 0 heterocycles. The van der Waals surface area contributed by atoms with E-state index >= 15 is 0 Å². The molecule has 0 unspecified atom stereocenters. The normalized spacial score (nSPS) is 24.8. The van der Waals surface area contributed by atoms with E-state index in [0.29, 0.717) is 5.75 Å². The van der Waals surface area contributed by atoms with E-state index in [1.807, 2.05) is 6.07 Å². The van der Waals surface area contributed by atoms with Crippen molar-refractivity contribution >= 4 is 17.7 Å². The molecule has 5 heteroatoms. The van der Waals surface area contributed by atoms with E-state index in [-0.39, 0.29) is 28.4 Å². The predicted molar refractivity (Wildman–Crippen MR) is 78.3 cm³/mol. The fraction of sp³-hybridized carbons (Fsp3) is 0.500. The Balaban J connectivity index is 2.31. The van der Waals surface area contributed by atoms with Gasteiger partial charge in [0.05, 0.1) is 5.75 Å². The van der Waals surface area contributed by atoms with Gasteiger partial charge in [-0.05, 0) is 29.7 Å². The molecule has 0 fully saturated rings. The zero-order valence-electron chi connectivity index (χ0n) is 11.2. The summed E-state index contributed by atoms with van der Waals surface area (Å²) in [5.41, 5.74) is 13.6. The summed E-state index contributed by atoms with van der Waals surface area (Å²) in [5, 5.41) is 9.81. The fourth-order valence-corrected chi connectivity index (χ4v) is 3.91. The second-order valence-electron chi connectivity index (χ2n) is 5.61. The SMILES string of the molecule is CC1(C)c2cc(O)ccc2C[C@H](SCC(N)=O)[C@H]1N. The van der Waals surface area contributed by atoms with Crippen molar-refractivity contribution < 1.29 is 9.90 Å². The summed E-state index contributed by atoms with van der Waals surface area (Å²) in [7, 11) is 0. The Morgan fingerprint density at radius 1 is 1.53 bits per heavy atom. The second kappa shape index (κ2) is 5.06. The van der Waals surface area contributed by atoms with Gasteiger partial charge in [0, 0.05) is 16.7 Å². The minimum atomic E-state index is -0.313. The molecule has 0 aliphatic heterocycles. The molecular formula is C14H20N2O2S. The lowest BCUT2D eigenvalue weighted by Crippen LogP contribution is -2.52. The van der Waals surface area contributed by atoms with Gasteiger partial charge in [0.25, 0.3) is 0 Å². The summed E-state index contributed by atoms with van der Waals surface area (Å²) < 4.78 is 0. The van der Waals surface area contributed by atoms with Crippen molar-refractivity contribution in [3.8, 4) is 5.75 Å². The molecule has 1 aliphatic rings. The first-order chi connectivity index (χ1) is 8.82. The van der Waals surface area contributed by atoms with Gasteiger partial charge in [-0.25, -0.2) is 0 Å². The van der Waals surface area contributed by atoms with Crippen molar-refractivity contribution in [3.05, 3.63) is 29.3 Å². The maximum atomic E-state index is 10.9. The van der Waals surface area contributed by atoms with Crippen LogP contribution in [-0.4, -0.2) is 28.1 Å². The molecule has 1 aromatic carbocycles. The van der Waals surface area contributed by atoms with Crippen LogP contribution in [0.3, 0.4) is 0 Å². The lowest BCUT2D eigenvalue weighted by atomic mass is 9.69. The number of hydrogen-bond donors (Lipinski definition) is 3. The molecule has 0 spiro atoms. The smallest absolute Gasteiger partial charge is 0.227 e. The van der Waals surface area contributed by atoms with Crippen LogP contribution in [0.5, 0.6) is 5.75 Å². The molecule has 0 aromatic heterocycles. The summed E-state index contributed by atoms with van der Waals surface area (Å²) in [6.07, 6.45) is 0.804. The number of amides is 1. The molecule has 2 atom stereocenters. The van der Waals surface area contributed by atoms with Crippen molar-refractivity contribution in [1.82, 2.24) is 0 Å². The molecule has 1 aromatic rings. The van der Waals surface area contributed by atoms with Crippen LogP contribution in [0.1, 0.15) is 25.0 Å². The van der Waals surface area contributed by atoms with Gasteiger partial charge >= 0.3 is 0 Å². The summed E-state index contributed by atoms with van der Waals surface area (Å²) in [6, 6.07) is 5.35. The zero-order valence-corrected chi connectivity index (χ0v) is 12.0. The number of hydrogen-bond acceptors (Lipinski definition) is 4. The number of aromatic hydroxyl groups is 1. The molecule has 19 heavy (non-hydrogen) atoms. The van der Waals surface area contributed by atoms with E-state index in [2.05, 4.69) is 13.8 Å². The highest BCUT2D eigenvalue weighted by atomic mass is 32.2. The highest BCUT2D eigenvalue weighted by Gasteiger charge is 2.40. The number of primary amides is 1. The Hall–Kier alpha value is -1.20. The van der Waals surface area contributed by atoms with Crippen molar-refractivity contribution in [1.29, 1.82) is 0 Å². The summed E-state index contributed by atoms with van der Waals surface area (Å²) in [6.45, 7) is 4.15. The molecule has 5 N–H and O–H groups in total. The van der Waals surface area contributed by atoms with Crippen LogP contribution in [0, 0.1) is 0 Å². The Morgan fingerprint density at radius 2 is 2.21 bits per heavy atom. The largest absolute Gasteiger partial charge is 0.508 e. The molecule has 2 rings (SSSR count). The van der Waals surface area contributed by atoms with Gasteiger partial charge in [0.15, 0.2) is 0 Å². The van der Waals surface area contributed by atoms with Gasteiger partial charge in [-0.1, -0.05) is 19.9 Å². The number of fused-ring (bicyclic) bond motifs is 1. The summed E-state index contributed by atoms with van der Waals surface area (Å²) in [4.78, 5) is 10.9. The van der Waals surface area contributed by atoms with E-state index in [1.54, 1.807) is 12.1 Å². The van der Waals surface area contributed by atoms with Crippen molar-refractivity contribution in [2.45, 2.75) is 37.0 Å². The molecule has 1 aliphatic carbocycles. The van der Waals surface area contributed by atoms with Crippen LogP contribution in [0.15, 0.2) is 18.2 Å². The Kier molecular flexibility index (Phi) is 3.78. The van der Waals surface area contributed by atoms with Gasteiger partial charge in [0.1, 0.15) is 5.75 Å². The standard InChI is InChI=1S/C14H20N2O2S/c1-14(2)10-6-9(17)4-3-8(10)5-11(13(14)16)19-7-12(15)18/h3-4,6,11,13,17H,5,7,16H2,1-2H3,(H2,15,18)/t11-,13+/m0/s1.